The highest BCUT2D eigenvalue weighted by molar-refractivity contribution is 5.95. The number of halogens is 1. The number of morpholine rings is 1. The van der Waals surface area contributed by atoms with Gasteiger partial charge in [-0.25, -0.2) is 0 Å². The quantitative estimate of drug-likeness (QED) is 0.633. The minimum atomic E-state index is -0.368. The molecule has 1 amide bonds. The Hall–Kier alpha value is -2.55. The Kier molecular flexibility index (Phi) is 9.36. The number of aryl methyl sites for hydroxylation is 3. The molecule has 0 saturated carbocycles. The van der Waals surface area contributed by atoms with E-state index in [4.69, 9.17) is 14.2 Å². The first-order valence-corrected chi connectivity index (χ1v) is 10.0. The van der Waals surface area contributed by atoms with Gasteiger partial charge in [0.2, 0.25) is 0 Å². The zero-order chi connectivity index (χ0) is 21.5. The number of nitrogens with one attached hydrogen (secondary N) is 2. The molecule has 1 aliphatic rings. The van der Waals surface area contributed by atoms with Gasteiger partial charge in [0.05, 0.1) is 26.9 Å². The van der Waals surface area contributed by atoms with Crippen molar-refractivity contribution in [1.29, 1.82) is 0 Å². The molecule has 1 aromatic heterocycles. The van der Waals surface area contributed by atoms with Gasteiger partial charge in [0.15, 0.2) is 11.5 Å². The van der Waals surface area contributed by atoms with Crippen molar-refractivity contribution in [2.75, 3.05) is 40.5 Å². The lowest BCUT2D eigenvalue weighted by atomic mass is 10.1. The summed E-state index contributed by atoms with van der Waals surface area (Å²) in [6, 6.07) is 7.47. The molecule has 3 rings (SSSR count). The molecule has 1 atom stereocenters. The molecule has 2 aromatic rings. The van der Waals surface area contributed by atoms with Gasteiger partial charge in [0.25, 0.3) is 11.5 Å². The molecule has 1 aromatic carbocycles. The second-order valence-electron chi connectivity index (χ2n) is 7.22. The summed E-state index contributed by atoms with van der Waals surface area (Å²) in [6.45, 7) is 4.70. The average molecular weight is 452 g/mol. The Balaban J connectivity index is 0.00000341. The standard InChI is InChI=1S/C22H29N3O5.ClH/c1-15-6-9-25(10-7-16-4-5-18(28-2)19(12-16)29-3)22(27)20(15)21(26)24-14-17-13-23-8-11-30-17;/h4-6,9,12,17,23H,7-8,10-11,13-14H2,1-3H3,(H,24,26);1H. The van der Waals surface area contributed by atoms with E-state index in [1.807, 2.05) is 18.2 Å². The number of amides is 1. The highest BCUT2D eigenvalue weighted by Gasteiger charge is 2.19. The molecule has 2 N–H and O–H groups in total. The first-order valence-electron chi connectivity index (χ1n) is 10.0. The maximum Gasteiger partial charge on any atom is 0.263 e. The van der Waals surface area contributed by atoms with E-state index in [1.54, 1.807) is 38.0 Å². The SMILES string of the molecule is COc1ccc(CCn2ccc(C)c(C(=O)NCC3CNCCO3)c2=O)cc1OC.Cl. The van der Waals surface area contributed by atoms with Gasteiger partial charge in [-0.05, 0) is 42.7 Å². The molecule has 1 unspecified atom stereocenters. The summed E-state index contributed by atoms with van der Waals surface area (Å²) in [6.07, 6.45) is 2.26. The van der Waals surface area contributed by atoms with Crippen LogP contribution in [0.25, 0.3) is 0 Å². The van der Waals surface area contributed by atoms with Crippen molar-refractivity contribution < 1.29 is 19.0 Å². The van der Waals surface area contributed by atoms with Crippen LogP contribution in [0.2, 0.25) is 0 Å². The Labute approximate surface area is 188 Å². The van der Waals surface area contributed by atoms with E-state index in [0.717, 1.165) is 12.1 Å². The second-order valence-corrected chi connectivity index (χ2v) is 7.22. The van der Waals surface area contributed by atoms with Gasteiger partial charge < -0.3 is 29.4 Å². The smallest absolute Gasteiger partial charge is 0.263 e. The van der Waals surface area contributed by atoms with E-state index in [0.29, 0.717) is 49.7 Å². The Bertz CT molecular complexity index is 941. The van der Waals surface area contributed by atoms with Crippen molar-refractivity contribution in [2.24, 2.45) is 0 Å². The summed E-state index contributed by atoms with van der Waals surface area (Å²) in [5.41, 5.74) is 1.54. The number of carbonyl (C=O) groups excluding carboxylic acids is 1. The Morgan fingerprint density at radius 2 is 2.03 bits per heavy atom. The summed E-state index contributed by atoms with van der Waals surface area (Å²) in [7, 11) is 3.18. The lowest BCUT2D eigenvalue weighted by Crippen LogP contribution is -2.46. The predicted octanol–water partition coefficient (Wildman–Crippen LogP) is 1.56. The van der Waals surface area contributed by atoms with E-state index >= 15 is 0 Å². The van der Waals surface area contributed by atoms with Crippen LogP contribution in [0, 0.1) is 6.92 Å². The summed E-state index contributed by atoms with van der Waals surface area (Å²) in [5.74, 6) is 0.933. The summed E-state index contributed by atoms with van der Waals surface area (Å²) < 4.78 is 17.8. The topological polar surface area (TPSA) is 90.8 Å². The molecule has 1 fully saturated rings. The van der Waals surface area contributed by atoms with E-state index in [-0.39, 0.29) is 35.5 Å². The molecule has 0 spiro atoms. The third-order valence-electron chi connectivity index (χ3n) is 5.18. The first kappa shape index (κ1) is 24.7. The molecule has 31 heavy (non-hydrogen) atoms. The molecule has 2 heterocycles. The van der Waals surface area contributed by atoms with Crippen LogP contribution < -0.4 is 25.7 Å². The molecule has 0 radical (unpaired) electrons. The molecule has 0 bridgehead atoms. The van der Waals surface area contributed by atoms with Crippen molar-refractivity contribution in [3.05, 3.63) is 57.5 Å². The van der Waals surface area contributed by atoms with Crippen LogP contribution in [0.4, 0.5) is 0 Å². The molecule has 1 aliphatic heterocycles. The third kappa shape index (κ3) is 6.22. The molecule has 8 nitrogen and oxygen atoms in total. The number of pyridine rings is 1. The fourth-order valence-electron chi connectivity index (χ4n) is 3.45. The highest BCUT2D eigenvalue weighted by atomic mass is 35.5. The first-order chi connectivity index (χ1) is 14.5. The largest absolute Gasteiger partial charge is 0.493 e. The monoisotopic (exact) mass is 451 g/mol. The van der Waals surface area contributed by atoms with Crippen molar-refractivity contribution >= 4 is 18.3 Å². The van der Waals surface area contributed by atoms with E-state index in [9.17, 15) is 9.59 Å². The molecule has 9 heteroatoms. The average Bonchev–Trinajstić information content (AvgIpc) is 2.77. The number of rotatable bonds is 8. The van der Waals surface area contributed by atoms with E-state index < -0.39 is 0 Å². The van der Waals surface area contributed by atoms with Crippen LogP contribution >= 0.6 is 12.4 Å². The highest BCUT2D eigenvalue weighted by Crippen LogP contribution is 2.27. The summed E-state index contributed by atoms with van der Waals surface area (Å²) in [4.78, 5) is 25.6. The van der Waals surface area contributed by atoms with Crippen LogP contribution in [0.1, 0.15) is 21.5 Å². The van der Waals surface area contributed by atoms with E-state index in [2.05, 4.69) is 10.6 Å². The Morgan fingerprint density at radius 1 is 1.26 bits per heavy atom. The number of ether oxygens (including phenoxy) is 3. The molecular weight excluding hydrogens is 422 g/mol. The normalized spacial score (nSPS) is 15.6. The van der Waals surface area contributed by atoms with Crippen LogP contribution in [0.5, 0.6) is 11.5 Å². The number of hydrogen-bond acceptors (Lipinski definition) is 6. The van der Waals surface area contributed by atoms with Crippen molar-refractivity contribution in [3.8, 4) is 11.5 Å². The second kappa shape index (κ2) is 11.7. The maximum absolute atomic E-state index is 12.9. The number of hydrogen-bond donors (Lipinski definition) is 2. The summed E-state index contributed by atoms with van der Waals surface area (Å²) >= 11 is 0. The molecule has 0 aliphatic carbocycles. The number of methoxy groups -OCH3 is 2. The number of carbonyl (C=O) groups is 1. The minimum Gasteiger partial charge on any atom is -0.493 e. The number of aromatic nitrogens is 1. The summed E-state index contributed by atoms with van der Waals surface area (Å²) in [5, 5.41) is 6.05. The lowest BCUT2D eigenvalue weighted by Gasteiger charge is -2.23. The lowest BCUT2D eigenvalue weighted by molar-refractivity contribution is 0.0287. The van der Waals surface area contributed by atoms with Crippen LogP contribution in [0.3, 0.4) is 0 Å². The molecule has 170 valence electrons. The minimum absolute atomic E-state index is 0. The van der Waals surface area contributed by atoms with Crippen LogP contribution in [-0.2, 0) is 17.7 Å². The van der Waals surface area contributed by atoms with Crippen molar-refractivity contribution in [1.82, 2.24) is 15.2 Å². The maximum atomic E-state index is 12.9. The van der Waals surface area contributed by atoms with Crippen molar-refractivity contribution in [3.63, 3.8) is 0 Å². The fraction of sp³-hybridized carbons (Fsp3) is 0.455. The van der Waals surface area contributed by atoms with Gasteiger partial charge in [0, 0.05) is 32.4 Å². The van der Waals surface area contributed by atoms with Gasteiger partial charge in [-0.3, -0.25) is 9.59 Å². The van der Waals surface area contributed by atoms with Crippen LogP contribution in [0.15, 0.2) is 35.3 Å². The Morgan fingerprint density at radius 3 is 2.71 bits per heavy atom. The number of benzene rings is 1. The van der Waals surface area contributed by atoms with Crippen molar-refractivity contribution in [2.45, 2.75) is 26.0 Å². The molecule has 1 saturated heterocycles. The fourth-order valence-corrected chi connectivity index (χ4v) is 3.45. The third-order valence-corrected chi connectivity index (χ3v) is 5.18. The van der Waals surface area contributed by atoms with Gasteiger partial charge in [-0.1, -0.05) is 6.07 Å². The zero-order valence-corrected chi connectivity index (χ0v) is 18.9. The zero-order valence-electron chi connectivity index (χ0n) is 18.1. The predicted molar refractivity (Wildman–Crippen MR) is 121 cm³/mol. The van der Waals surface area contributed by atoms with E-state index in [1.165, 1.54) is 0 Å². The van der Waals surface area contributed by atoms with Gasteiger partial charge in [-0.15, -0.1) is 12.4 Å². The molecular formula is C22H30ClN3O5. The van der Waals surface area contributed by atoms with Crippen LogP contribution in [-0.4, -0.2) is 57.0 Å². The van der Waals surface area contributed by atoms with Gasteiger partial charge >= 0.3 is 0 Å². The van der Waals surface area contributed by atoms with Gasteiger partial charge in [-0.2, -0.15) is 0 Å². The van der Waals surface area contributed by atoms with Gasteiger partial charge in [0.1, 0.15) is 5.56 Å². The number of nitrogens with zero attached hydrogens (tertiary/aromatic N) is 1.